The number of hydrogen-bond acceptors (Lipinski definition) is 4. The Morgan fingerprint density at radius 3 is 2.36 bits per heavy atom. The minimum Gasteiger partial charge on any atom is -0.340 e. The van der Waals surface area contributed by atoms with E-state index in [0.717, 1.165) is 13.1 Å². The second kappa shape index (κ2) is 7.41. The Bertz CT molecular complexity index is 611. The molecular weight excluding hydrogens is 326 g/mol. The highest BCUT2D eigenvalue weighted by molar-refractivity contribution is 7.89. The van der Waals surface area contributed by atoms with Crippen LogP contribution >= 0.6 is 11.6 Å². The number of piperazine rings is 1. The summed E-state index contributed by atoms with van der Waals surface area (Å²) in [4.78, 5) is 16.1. The zero-order chi connectivity index (χ0) is 16.2. The highest BCUT2D eigenvalue weighted by atomic mass is 35.5. The van der Waals surface area contributed by atoms with E-state index in [1.54, 1.807) is 4.90 Å². The fourth-order valence-electron chi connectivity index (χ4n) is 2.20. The molecule has 0 atom stereocenters. The lowest BCUT2D eigenvalue weighted by atomic mass is 10.3. The summed E-state index contributed by atoms with van der Waals surface area (Å²) in [6.07, 6.45) is 0.163. The predicted molar refractivity (Wildman–Crippen MR) is 85.3 cm³/mol. The van der Waals surface area contributed by atoms with Crippen molar-refractivity contribution >= 4 is 27.5 Å². The van der Waals surface area contributed by atoms with Gasteiger partial charge in [-0.15, -0.1) is 0 Å². The summed E-state index contributed by atoms with van der Waals surface area (Å²) >= 11 is 5.74. The molecule has 6 nitrogen and oxygen atoms in total. The molecule has 0 aliphatic carbocycles. The SMILES string of the molecule is CN1CCN(C(=O)CCNS(=O)(=O)c2ccc(Cl)cc2)CC1. The molecule has 0 unspecified atom stereocenters. The Morgan fingerprint density at radius 1 is 1.18 bits per heavy atom. The lowest BCUT2D eigenvalue weighted by Crippen LogP contribution is -2.47. The Kier molecular flexibility index (Phi) is 5.80. The van der Waals surface area contributed by atoms with Gasteiger partial charge in [-0.1, -0.05) is 11.6 Å². The molecule has 2 rings (SSSR count). The van der Waals surface area contributed by atoms with Gasteiger partial charge in [-0.2, -0.15) is 0 Å². The molecule has 1 heterocycles. The predicted octanol–water partition coefficient (Wildman–Crippen LogP) is 0.782. The average Bonchev–Trinajstić information content (AvgIpc) is 2.48. The van der Waals surface area contributed by atoms with Gasteiger partial charge in [0.1, 0.15) is 0 Å². The Balaban J connectivity index is 1.82. The molecule has 8 heteroatoms. The van der Waals surface area contributed by atoms with E-state index in [1.807, 2.05) is 7.05 Å². The third kappa shape index (κ3) is 4.67. The van der Waals surface area contributed by atoms with Crippen LogP contribution in [-0.2, 0) is 14.8 Å². The van der Waals surface area contributed by atoms with Gasteiger partial charge in [0.25, 0.3) is 0 Å². The first-order chi connectivity index (χ1) is 10.4. The molecule has 1 aliphatic heterocycles. The largest absolute Gasteiger partial charge is 0.340 e. The average molecular weight is 346 g/mol. The molecule has 0 saturated carbocycles. The van der Waals surface area contributed by atoms with Gasteiger partial charge in [-0.25, -0.2) is 13.1 Å². The van der Waals surface area contributed by atoms with Crippen molar-refractivity contribution in [3.8, 4) is 0 Å². The smallest absolute Gasteiger partial charge is 0.240 e. The number of hydrogen-bond donors (Lipinski definition) is 1. The molecule has 1 saturated heterocycles. The first kappa shape index (κ1) is 17.2. The Labute approximate surface area is 136 Å². The van der Waals surface area contributed by atoms with Crippen LogP contribution in [0.2, 0.25) is 5.02 Å². The van der Waals surface area contributed by atoms with Crippen LogP contribution in [0.4, 0.5) is 0 Å². The van der Waals surface area contributed by atoms with E-state index >= 15 is 0 Å². The van der Waals surface area contributed by atoms with Crippen molar-refractivity contribution in [2.45, 2.75) is 11.3 Å². The van der Waals surface area contributed by atoms with Crippen molar-refractivity contribution in [1.29, 1.82) is 0 Å². The van der Waals surface area contributed by atoms with Crippen molar-refractivity contribution in [3.63, 3.8) is 0 Å². The van der Waals surface area contributed by atoms with E-state index in [9.17, 15) is 13.2 Å². The maximum absolute atomic E-state index is 12.1. The first-order valence-corrected chi connectivity index (χ1v) is 8.96. The van der Waals surface area contributed by atoms with E-state index in [-0.39, 0.29) is 23.8 Å². The zero-order valence-electron chi connectivity index (χ0n) is 12.5. The van der Waals surface area contributed by atoms with Crippen molar-refractivity contribution in [2.75, 3.05) is 39.8 Å². The standard InChI is InChI=1S/C14H20ClN3O3S/c1-17-8-10-18(11-9-17)14(19)6-7-16-22(20,21)13-4-2-12(15)3-5-13/h2-5,16H,6-11H2,1H3. The summed E-state index contributed by atoms with van der Waals surface area (Å²) < 4.78 is 26.6. The van der Waals surface area contributed by atoms with E-state index in [1.165, 1.54) is 24.3 Å². The minimum atomic E-state index is -3.60. The van der Waals surface area contributed by atoms with Gasteiger partial charge in [0.05, 0.1) is 4.90 Å². The summed E-state index contributed by atoms with van der Waals surface area (Å²) in [6.45, 7) is 3.18. The monoisotopic (exact) mass is 345 g/mol. The summed E-state index contributed by atoms with van der Waals surface area (Å²) in [6, 6.07) is 5.91. The topological polar surface area (TPSA) is 69.7 Å². The number of halogens is 1. The van der Waals surface area contributed by atoms with E-state index in [4.69, 9.17) is 11.6 Å². The molecule has 1 N–H and O–H groups in total. The lowest BCUT2D eigenvalue weighted by Gasteiger charge is -2.32. The molecule has 1 aromatic carbocycles. The molecule has 0 aromatic heterocycles. The number of benzene rings is 1. The van der Waals surface area contributed by atoms with Crippen LogP contribution < -0.4 is 4.72 Å². The molecular formula is C14H20ClN3O3S. The van der Waals surface area contributed by atoms with Crippen LogP contribution in [0.15, 0.2) is 29.2 Å². The number of likely N-dealkylation sites (N-methyl/N-ethyl adjacent to an activating group) is 1. The van der Waals surface area contributed by atoms with Gasteiger partial charge < -0.3 is 9.80 Å². The minimum absolute atomic E-state index is 0.0214. The van der Waals surface area contributed by atoms with Crippen LogP contribution in [0, 0.1) is 0 Å². The van der Waals surface area contributed by atoms with Crippen LogP contribution in [0.1, 0.15) is 6.42 Å². The van der Waals surface area contributed by atoms with Crippen LogP contribution in [0.5, 0.6) is 0 Å². The molecule has 0 radical (unpaired) electrons. The van der Waals surface area contributed by atoms with Crippen molar-refractivity contribution in [3.05, 3.63) is 29.3 Å². The third-order valence-electron chi connectivity index (χ3n) is 3.61. The number of carbonyl (C=O) groups excluding carboxylic acids is 1. The third-order valence-corrected chi connectivity index (χ3v) is 5.34. The number of nitrogens with zero attached hydrogens (tertiary/aromatic N) is 2. The molecule has 1 aromatic rings. The molecule has 1 fully saturated rings. The normalized spacial score (nSPS) is 16.7. The van der Waals surface area contributed by atoms with Gasteiger partial charge in [-0.3, -0.25) is 4.79 Å². The van der Waals surface area contributed by atoms with Gasteiger partial charge in [0, 0.05) is 44.2 Å². The molecule has 122 valence electrons. The van der Waals surface area contributed by atoms with Gasteiger partial charge >= 0.3 is 0 Å². The van der Waals surface area contributed by atoms with E-state index < -0.39 is 10.0 Å². The summed E-state index contributed by atoms with van der Waals surface area (Å²) in [5, 5.41) is 0.476. The van der Waals surface area contributed by atoms with E-state index in [0.29, 0.717) is 18.1 Å². The summed E-state index contributed by atoms with van der Waals surface area (Å²) in [7, 11) is -1.58. The van der Waals surface area contributed by atoms with Crippen LogP contribution in [0.25, 0.3) is 0 Å². The first-order valence-electron chi connectivity index (χ1n) is 7.10. The van der Waals surface area contributed by atoms with Crippen molar-refractivity contribution in [2.24, 2.45) is 0 Å². The van der Waals surface area contributed by atoms with Gasteiger partial charge in [-0.05, 0) is 31.3 Å². The number of sulfonamides is 1. The van der Waals surface area contributed by atoms with Gasteiger partial charge in [0.2, 0.25) is 15.9 Å². The zero-order valence-corrected chi connectivity index (χ0v) is 14.0. The highest BCUT2D eigenvalue weighted by Gasteiger charge is 2.20. The molecule has 0 bridgehead atoms. The lowest BCUT2D eigenvalue weighted by molar-refractivity contribution is -0.132. The van der Waals surface area contributed by atoms with E-state index in [2.05, 4.69) is 9.62 Å². The molecule has 1 aliphatic rings. The maximum Gasteiger partial charge on any atom is 0.240 e. The quantitative estimate of drug-likeness (QED) is 0.856. The molecule has 22 heavy (non-hydrogen) atoms. The number of carbonyl (C=O) groups is 1. The molecule has 0 spiro atoms. The highest BCUT2D eigenvalue weighted by Crippen LogP contribution is 2.13. The number of nitrogens with one attached hydrogen (secondary N) is 1. The molecule has 1 amide bonds. The number of rotatable bonds is 5. The summed E-state index contributed by atoms with van der Waals surface area (Å²) in [5.41, 5.74) is 0. The Morgan fingerprint density at radius 2 is 1.77 bits per heavy atom. The van der Waals surface area contributed by atoms with Crippen LogP contribution in [0.3, 0.4) is 0 Å². The maximum atomic E-state index is 12.1. The summed E-state index contributed by atoms with van der Waals surface area (Å²) in [5.74, 6) is -0.0214. The van der Waals surface area contributed by atoms with Crippen molar-refractivity contribution in [1.82, 2.24) is 14.5 Å². The fraction of sp³-hybridized carbons (Fsp3) is 0.500. The second-order valence-electron chi connectivity index (χ2n) is 5.29. The van der Waals surface area contributed by atoms with Crippen molar-refractivity contribution < 1.29 is 13.2 Å². The second-order valence-corrected chi connectivity index (χ2v) is 7.49. The van der Waals surface area contributed by atoms with Gasteiger partial charge in [0.15, 0.2) is 0 Å². The fourth-order valence-corrected chi connectivity index (χ4v) is 3.36. The number of amides is 1. The van der Waals surface area contributed by atoms with Crippen LogP contribution in [-0.4, -0.2) is 63.9 Å². The Hall–Kier alpha value is -1.15.